The van der Waals surface area contributed by atoms with E-state index in [0.717, 1.165) is 38.7 Å². The summed E-state index contributed by atoms with van der Waals surface area (Å²) in [5.41, 5.74) is 1.05. The molecule has 7 heteroatoms. The molecule has 2 aromatic rings. The highest BCUT2D eigenvalue weighted by Crippen LogP contribution is 2.30. The summed E-state index contributed by atoms with van der Waals surface area (Å²) in [6, 6.07) is 15.5. The van der Waals surface area contributed by atoms with Crippen LogP contribution in [0, 0.1) is 11.8 Å². The van der Waals surface area contributed by atoms with E-state index in [2.05, 4.69) is 13.8 Å². The number of rotatable bonds is 13. The lowest BCUT2D eigenvalue weighted by Gasteiger charge is -2.28. The normalized spacial score (nSPS) is 18.1. The zero-order chi connectivity index (χ0) is 26.6. The smallest absolute Gasteiger partial charge is 0.308 e. The Morgan fingerprint density at radius 3 is 2.24 bits per heavy atom. The lowest BCUT2D eigenvalue weighted by molar-refractivity contribution is -0.150. The summed E-state index contributed by atoms with van der Waals surface area (Å²) >= 11 is 0. The molecule has 1 fully saturated rings. The highest BCUT2D eigenvalue weighted by molar-refractivity contribution is 6.15. The van der Waals surface area contributed by atoms with E-state index in [-0.39, 0.29) is 61.5 Å². The Hall–Kier alpha value is -3.03. The second-order valence-electron chi connectivity index (χ2n) is 9.69. The van der Waals surface area contributed by atoms with Gasteiger partial charge in [0.15, 0.2) is 5.78 Å². The number of esters is 1. The molecule has 1 aliphatic rings. The standard InChI is InChI=1S/C30H39NO6/c1-3-22(2)37-21-23-13-15-25(16-14-23)30(35)36-20-18-31(17-19-32)29(34)27-12-8-7-11-26(27)28(33)24-9-5-4-6-10-24/h4-12,22-23,25,32H,3,13-21H2,1-2H3. The third-order valence-electron chi connectivity index (χ3n) is 7.07. The molecule has 1 aliphatic carbocycles. The molecule has 3 rings (SSSR count). The van der Waals surface area contributed by atoms with Gasteiger partial charge in [-0.3, -0.25) is 14.4 Å². The number of carbonyl (C=O) groups is 3. The summed E-state index contributed by atoms with van der Waals surface area (Å²) in [5, 5.41) is 9.54. The van der Waals surface area contributed by atoms with Gasteiger partial charge in [-0.2, -0.15) is 0 Å². The number of benzene rings is 2. The number of amides is 1. The first-order chi connectivity index (χ1) is 17.9. The van der Waals surface area contributed by atoms with Crippen molar-refractivity contribution in [2.75, 3.05) is 32.9 Å². The number of ether oxygens (including phenoxy) is 2. The molecule has 0 spiro atoms. The van der Waals surface area contributed by atoms with Gasteiger partial charge in [-0.25, -0.2) is 0 Å². The van der Waals surface area contributed by atoms with Crippen LogP contribution in [0.15, 0.2) is 54.6 Å². The topological polar surface area (TPSA) is 93.1 Å². The molecule has 0 bridgehead atoms. The molecule has 1 saturated carbocycles. The average Bonchev–Trinajstić information content (AvgIpc) is 2.95. The fraction of sp³-hybridized carbons (Fsp3) is 0.500. The SMILES string of the molecule is CCC(C)OCC1CCC(C(=O)OCCN(CCO)C(=O)c2ccccc2C(=O)c2ccccc2)CC1. The van der Waals surface area contributed by atoms with Gasteiger partial charge in [0.25, 0.3) is 5.91 Å². The number of ketones is 1. The van der Waals surface area contributed by atoms with Crippen molar-refractivity contribution < 1.29 is 29.0 Å². The van der Waals surface area contributed by atoms with Crippen LogP contribution in [0.1, 0.15) is 72.2 Å². The maximum absolute atomic E-state index is 13.3. The number of aliphatic hydroxyl groups excluding tert-OH is 1. The van der Waals surface area contributed by atoms with E-state index in [1.165, 1.54) is 4.90 Å². The van der Waals surface area contributed by atoms with Crippen molar-refractivity contribution in [3.63, 3.8) is 0 Å². The Morgan fingerprint density at radius 1 is 0.946 bits per heavy atom. The van der Waals surface area contributed by atoms with E-state index in [1.807, 2.05) is 6.07 Å². The Kier molecular flexibility index (Phi) is 11.3. The summed E-state index contributed by atoms with van der Waals surface area (Å²) in [4.78, 5) is 40.5. The molecule has 7 nitrogen and oxygen atoms in total. The van der Waals surface area contributed by atoms with E-state index < -0.39 is 0 Å². The van der Waals surface area contributed by atoms with Crippen LogP contribution < -0.4 is 0 Å². The largest absolute Gasteiger partial charge is 0.464 e. The monoisotopic (exact) mass is 509 g/mol. The van der Waals surface area contributed by atoms with Crippen LogP contribution in [0.25, 0.3) is 0 Å². The average molecular weight is 510 g/mol. The molecular formula is C30H39NO6. The van der Waals surface area contributed by atoms with Gasteiger partial charge in [0.05, 0.1) is 30.7 Å². The summed E-state index contributed by atoms with van der Waals surface area (Å²) in [7, 11) is 0. The van der Waals surface area contributed by atoms with Gasteiger partial charge >= 0.3 is 5.97 Å². The fourth-order valence-corrected chi connectivity index (χ4v) is 4.58. The third kappa shape index (κ3) is 8.23. The molecular weight excluding hydrogens is 470 g/mol. The number of aliphatic hydroxyl groups is 1. The lowest BCUT2D eigenvalue weighted by Crippen LogP contribution is -2.38. The summed E-state index contributed by atoms with van der Waals surface area (Å²) in [6.45, 7) is 4.93. The van der Waals surface area contributed by atoms with Crippen molar-refractivity contribution in [3.05, 3.63) is 71.3 Å². The Labute approximate surface area is 219 Å². The van der Waals surface area contributed by atoms with Gasteiger partial charge in [-0.05, 0) is 51.0 Å². The van der Waals surface area contributed by atoms with E-state index >= 15 is 0 Å². The molecule has 0 aliphatic heterocycles. The summed E-state index contributed by atoms with van der Waals surface area (Å²) in [6.07, 6.45) is 4.70. The van der Waals surface area contributed by atoms with E-state index in [4.69, 9.17) is 9.47 Å². The van der Waals surface area contributed by atoms with Crippen molar-refractivity contribution in [2.24, 2.45) is 11.8 Å². The van der Waals surface area contributed by atoms with Crippen LogP contribution in [0.3, 0.4) is 0 Å². The van der Waals surface area contributed by atoms with Gasteiger partial charge < -0.3 is 19.5 Å². The minimum Gasteiger partial charge on any atom is -0.464 e. The van der Waals surface area contributed by atoms with Gasteiger partial charge in [-0.15, -0.1) is 0 Å². The maximum atomic E-state index is 13.3. The van der Waals surface area contributed by atoms with Crippen molar-refractivity contribution in [1.82, 2.24) is 4.90 Å². The second kappa shape index (κ2) is 14.6. The Bertz CT molecular complexity index is 1020. The van der Waals surface area contributed by atoms with Crippen molar-refractivity contribution in [3.8, 4) is 0 Å². The maximum Gasteiger partial charge on any atom is 0.308 e. The number of nitrogens with zero attached hydrogens (tertiary/aromatic N) is 1. The molecule has 1 amide bonds. The zero-order valence-corrected chi connectivity index (χ0v) is 21.9. The first-order valence-electron chi connectivity index (χ1n) is 13.3. The van der Waals surface area contributed by atoms with Gasteiger partial charge in [0, 0.05) is 24.3 Å². The molecule has 1 atom stereocenters. The van der Waals surface area contributed by atoms with Crippen LogP contribution in [0.2, 0.25) is 0 Å². The fourth-order valence-electron chi connectivity index (χ4n) is 4.58. The van der Waals surface area contributed by atoms with Crippen LogP contribution in [-0.2, 0) is 14.3 Å². The van der Waals surface area contributed by atoms with Crippen LogP contribution in [-0.4, -0.2) is 66.7 Å². The minimum atomic E-state index is -0.383. The summed E-state index contributed by atoms with van der Waals surface area (Å²) in [5.74, 6) is -0.519. The first kappa shape index (κ1) is 28.5. The van der Waals surface area contributed by atoms with E-state index in [9.17, 15) is 19.5 Å². The zero-order valence-electron chi connectivity index (χ0n) is 21.9. The minimum absolute atomic E-state index is 0.0381. The van der Waals surface area contributed by atoms with E-state index in [0.29, 0.717) is 17.0 Å². The highest BCUT2D eigenvalue weighted by Gasteiger charge is 2.28. The van der Waals surface area contributed by atoms with Gasteiger partial charge in [-0.1, -0.05) is 55.5 Å². The lowest BCUT2D eigenvalue weighted by atomic mass is 9.82. The molecule has 0 saturated heterocycles. The third-order valence-corrected chi connectivity index (χ3v) is 7.07. The number of carbonyl (C=O) groups excluding carboxylic acids is 3. The van der Waals surface area contributed by atoms with Crippen LogP contribution in [0.5, 0.6) is 0 Å². The molecule has 1 unspecified atom stereocenters. The van der Waals surface area contributed by atoms with Crippen LogP contribution in [0.4, 0.5) is 0 Å². The molecule has 1 N–H and O–H groups in total. The molecule has 0 aromatic heterocycles. The van der Waals surface area contributed by atoms with Crippen molar-refractivity contribution in [1.29, 1.82) is 0 Å². The molecule has 2 aromatic carbocycles. The molecule has 0 radical (unpaired) electrons. The van der Waals surface area contributed by atoms with Crippen molar-refractivity contribution in [2.45, 2.75) is 52.1 Å². The van der Waals surface area contributed by atoms with Gasteiger partial charge in [0.1, 0.15) is 6.61 Å². The predicted octanol–water partition coefficient (Wildman–Crippen LogP) is 4.52. The second-order valence-corrected chi connectivity index (χ2v) is 9.69. The number of hydrogen-bond acceptors (Lipinski definition) is 6. The predicted molar refractivity (Wildman–Crippen MR) is 141 cm³/mol. The van der Waals surface area contributed by atoms with Crippen molar-refractivity contribution >= 4 is 17.7 Å². The quantitative estimate of drug-likeness (QED) is 0.315. The van der Waals surface area contributed by atoms with E-state index in [1.54, 1.807) is 48.5 Å². The van der Waals surface area contributed by atoms with Gasteiger partial charge in [0.2, 0.25) is 0 Å². The number of hydrogen-bond donors (Lipinski definition) is 1. The molecule has 0 heterocycles. The highest BCUT2D eigenvalue weighted by atomic mass is 16.5. The molecule has 200 valence electrons. The van der Waals surface area contributed by atoms with Crippen LogP contribution >= 0.6 is 0 Å². The Balaban J connectivity index is 1.54. The molecule has 37 heavy (non-hydrogen) atoms. The Morgan fingerprint density at radius 2 is 1.59 bits per heavy atom. The summed E-state index contributed by atoms with van der Waals surface area (Å²) < 4.78 is 11.4. The first-order valence-corrected chi connectivity index (χ1v) is 13.3.